The van der Waals surface area contributed by atoms with Crippen molar-refractivity contribution in [3.05, 3.63) is 328 Å². The lowest BCUT2D eigenvalue weighted by molar-refractivity contribution is 0.668. The molecule has 0 aliphatic rings. The number of hydrogen-bond acceptors (Lipinski definition) is 5. The molecule has 0 aliphatic carbocycles. The predicted molar refractivity (Wildman–Crippen MR) is 389 cm³/mol. The highest BCUT2D eigenvalue weighted by Gasteiger charge is 2.21. The zero-order chi connectivity index (χ0) is 61.1. The maximum absolute atomic E-state index is 6.45. The molecule has 5 nitrogen and oxygen atoms in total. The number of nitrogens with zero attached hydrogens (tertiary/aromatic N) is 2. The van der Waals surface area contributed by atoms with Crippen LogP contribution in [0.3, 0.4) is 0 Å². The molecule has 19 rings (SSSR count). The summed E-state index contributed by atoms with van der Waals surface area (Å²) in [5.74, 6) is 0. The summed E-state index contributed by atoms with van der Waals surface area (Å²) in [6, 6.07) is 118. The Hall–Kier alpha value is -12.4. The summed E-state index contributed by atoms with van der Waals surface area (Å²) in [5.41, 5.74) is 20.8. The van der Waals surface area contributed by atoms with Crippen molar-refractivity contribution in [1.29, 1.82) is 0 Å². The van der Waals surface area contributed by atoms with Crippen molar-refractivity contribution in [3.8, 4) is 44.5 Å². The molecule has 0 N–H and O–H groups in total. The smallest absolute Gasteiger partial charge is 0.136 e. The molecule has 3 heterocycles. The van der Waals surface area contributed by atoms with E-state index in [1.165, 1.54) is 54.2 Å². The minimum Gasteiger partial charge on any atom is -0.456 e. The molecular weight excluding hydrogens is 1130 g/mol. The zero-order valence-electron chi connectivity index (χ0n) is 50.3. The van der Waals surface area contributed by atoms with Crippen LogP contribution in [0.15, 0.2) is 341 Å². The Morgan fingerprint density at radius 3 is 0.957 bits per heavy atom. The highest BCUT2D eigenvalue weighted by Crippen LogP contribution is 2.46. The second kappa shape index (κ2) is 21.1. The summed E-state index contributed by atoms with van der Waals surface area (Å²) in [7, 11) is 0. The standard InChI is InChI=1S/C88H54N2O3/c1-2-12-55(13-3-1)56-28-38-67(39-29-56)89(70-44-34-59-24-26-61-36-47-83-87(85(61)76(59)52-70)74-19-5-8-22-80(74)92-83)68-40-30-57(31-41-68)63-14-10-16-65(50-63)66-17-11-15-64(51-66)58-32-42-69(43-33-58)90(72-46-49-82-78(54-72)73-18-4-7-21-79(73)91-82)71-45-35-60-25-27-62-37-48-84-88(86(62)77(60)53-71)75-20-6-9-23-81(75)93-84/h1-54H. The van der Waals surface area contributed by atoms with Crippen LogP contribution in [0.2, 0.25) is 0 Å². The van der Waals surface area contributed by atoms with Crippen molar-refractivity contribution in [2.45, 2.75) is 0 Å². The van der Waals surface area contributed by atoms with Gasteiger partial charge in [-0.25, -0.2) is 0 Å². The van der Waals surface area contributed by atoms with E-state index in [-0.39, 0.29) is 0 Å². The van der Waals surface area contributed by atoms with Crippen LogP contribution in [0.1, 0.15) is 0 Å². The minimum atomic E-state index is 0.860. The fourth-order valence-corrected chi connectivity index (χ4v) is 14.5. The van der Waals surface area contributed by atoms with Gasteiger partial charge in [-0.3, -0.25) is 0 Å². The molecule has 0 fully saturated rings. The van der Waals surface area contributed by atoms with Crippen LogP contribution >= 0.6 is 0 Å². The highest BCUT2D eigenvalue weighted by molar-refractivity contribution is 6.28. The van der Waals surface area contributed by atoms with Gasteiger partial charge in [0.05, 0.1) is 0 Å². The van der Waals surface area contributed by atoms with Gasteiger partial charge in [0.2, 0.25) is 0 Å². The van der Waals surface area contributed by atoms with Crippen molar-refractivity contribution >= 4 is 143 Å². The predicted octanol–water partition coefficient (Wildman–Crippen LogP) is 25.6. The summed E-state index contributed by atoms with van der Waals surface area (Å²) in [4.78, 5) is 4.75. The van der Waals surface area contributed by atoms with Gasteiger partial charge in [0.15, 0.2) is 0 Å². The van der Waals surface area contributed by atoms with Gasteiger partial charge >= 0.3 is 0 Å². The van der Waals surface area contributed by atoms with Gasteiger partial charge in [0.1, 0.15) is 33.5 Å². The van der Waals surface area contributed by atoms with Crippen molar-refractivity contribution in [2.24, 2.45) is 0 Å². The second-order valence-corrected chi connectivity index (χ2v) is 24.3. The second-order valence-electron chi connectivity index (χ2n) is 24.3. The van der Waals surface area contributed by atoms with Gasteiger partial charge in [-0.1, -0.05) is 206 Å². The molecule has 93 heavy (non-hydrogen) atoms. The lowest BCUT2D eigenvalue weighted by atomic mass is 9.95. The van der Waals surface area contributed by atoms with Crippen molar-refractivity contribution in [2.75, 3.05) is 9.80 Å². The van der Waals surface area contributed by atoms with Crippen LogP contribution < -0.4 is 9.80 Å². The lowest BCUT2D eigenvalue weighted by Gasteiger charge is -2.26. The molecule has 0 aliphatic heterocycles. The van der Waals surface area contributed by atoms with Gasteiger partial charge in [-0.15, -0.1) is 0 Å². The Morgan fingerprint density at radius 1 is 0.161 bits per heavy atom. The monoisotopic (exact) mass is 1190 g/mol. The number of rotatable bonds is 10. The number of para-hydroxylation sites is 3. The molecule has 434 valence electrons. The largest absolute Gasteiger partial charge is 0.456 e. The highest BCUT2D eigenvalue weighted by atomic mass is 16.3. The molecule has 0 spiro atoms. The van der Waals surface area contributed by atoms with E-state index < -0.39 is 0 Å². The summed E-state index contributed by atoms with van der Waals surface area (Å²) in [6.07, 6.45) is 0. The first-order valence-corrected chi connectivity index (χ1v) is 31.7. The molecule has 0 saturated heterocycles. The Balaban J connectivity index is 0.666. The summed E-state index contributed by atoms with van der Waals surface area (Å²) < 4.78 is 19.3. The Labute approximate surface area is 535 Å². The molecule has 0 saturated carbocycles. The third-order valence-electron chi connectivity index (χ3n) is 19.0. The van der Waals surface area contributed by atoms with E-state index in [0.717, 1.165) is 133 Å². The third-order valence-corrected chi connectivity index (χ3v) is 19.0. The molecule has 3 aromatic heterocycles. The topological polar surface area (TPSA) is 45.9 Å². The van der Waals surface area contributed by atoms with E-state index in [9.17, 15) is 0 Å². The van der Waals surface area contributed by atoms with Gasteiger partial charge in [0.25, 0.3) is 0 Å². The summed E-state index contributed by atoms with van der Waals surface area (Å²) >= 11 is 0. The molecule has 0 radical (unpaired) electrons. The SMILES string of the molecule is c1ccc(-c2ccc(N(c3ccc(-c4cccc(-c5cccc(-c6ccc(N(c7ccc8oc9ccccc9c8c7)c7ccc8ccc9ccc%10oc%11ccccc%11c%10c9c8c7)cc6)c5)c4)cc3)c3ccc4ccc5ccc6oc7ccccc7c6c5c4c3)cc2)cc1. The van der Waals surface area contributed by atoms with E-state index in [1.807, 2.05) is 24.3 Å². The number of anilines is 6. The normalized spacial score (nSPS) is 11.9. The van der Waals surface area contributed by atoms with Crippen LogP contribution in [-0.2, 0) is 0 Å². The first-order chi connectivity index (χ1) is 46.0. The molecule has 16 aromatic carbocycles. The van der Waals surface area contributed by atoms with Crippen LogP contribution in [0.5, 0.6) is 0 Å². The van der Waals surface area contributed by atoms with Crippen molar-refractivity contribution in [1.82, 2.24) is 0 Å². The van der Waals surface area contributed by atoms with Gasteiger partial charge in [-0.05, 0) is 198 Å². The lowest BCUT2D eigenvalue weighted by Crippen LogP contribution is -2.10. The number of hydrogen-bond donors (Lipinski definition) is 0. The number of benzene rings is 16. The first-order valence-electron chi connectivity index (χ1n) is 31.7. The molecular formula is C88H54N2O3. The molecule has 0 amide bonds. The van der Waals surface area contributed by atoms with E-state index in [2.05, 4.69) is 313 Å². The Morgan fingerprint density at radius 2 is 0.462 bits per heavy atom. The Kier molecular flexibility index (Phi) is 11.9. The van der Waals surface area contributed by atoms with E-state index >= 15 is 0 Å². The summed E-state index contributed by atoms with van der Waals surface area (Å²) in [5, 5.41) is 16.1. The maximum Gasteiger partial charge on any atom is 0.136 e. The average molecular weight is 1190 g/mol. The first kappa shape index (κ1) is 52.5. The fourth-order valence-electron chi connectivity index (χ4n) is 14.5. The fraction of sp³-hybridized carbons (Fsp3) is 0. The zero-order valence-corrected chi connectivity index (χ0v) is 50.3. The van der Waals surface area contributed by atoms with Gasteiger partial charge in [0, 0.05) is 77.2 Å². The van der Waals surface area contributed by atoms with Crippen LogP contribution in [0.4, 0.5) is 34.1 Å². The number of fused-ring (bicyclic) bond motifs is 17. The molecule has 19 aromatic rings. The van der Waals surface area contributed by atoms with Crippen LogP contribution in [0, 0.1) is 0 Å². The van der Waals surface area contributed by atoms with Gasteiger partial charge < -0.3 is 23.1 Å². The van der Waals surface area contributed by atoms with Gasteiger partial charge in [-0.2, -0.15) is 0 Å². The molecule has 0 atom stereocenters. The van der Waals surface area contributed by atoms with E-state index in [1.54, 1.807) is 0 Å². The average Bonchev–Trinajstić information content (AvgIpc) is 1.74. The van der Waals surface area contributed by atoms with Crippen molar-refractivity contribution in [3.63, 3.8) is 0 Å². The number of furan rings is 3. The van der Waals surface area contributed by atoms with E-state index in [0.29, 0.717) is 0 Å². The molecule has 0 bridgehead atoms. The van der Waals surface area contributed by atoms with Crippen LogP contribution in [0.25, 0.3) is 153 Å². The maximum atomic E-state index is 6.45. The molecule has 5 heteroatoms. The molecule has 0 unspecified atom stereocenters. The van der Waals surface area contributed by atoms with Crippen molar-refractivity contribution < 1.29 is 13.3 Å². The van der Waals surface area contributed by atoms with Crippen LogP contribution in [-0.4, -0.2) is 0 Å². The third kappa shape index (κ3) is 8.77. The summed E-state index contributed by atoms with van der Waals surface area (Å²) in [6.45, 7) is 0. The quantitative estimate of drug-likeness (QED) is 0.128. The Bertz CT molecular complexity index is 6180. The minimum absolute atomic E-state index is 0.860. The van der Waals surface area contributed by atoms with E-state index in [4.69, 9.17) is 13.3 Å².